The van der Waals surface area contributed by atoms with E-state index in [1.165, 1.54) is 6.42 Å². The van der Waals surface area contributed by atoms with Crippen molar-refractivity contribution in [3.05, 3.63) is 0 Å². The molecule has 0 aromatic heterocycles. The summed E-state index contributed by atoms with van der Waals surface area (Å²) in [6.07, 6.45) is 13.4. The molecule has 372 valence electrons. The van der Waals surface area contributed by atoms with Crippen molar-refractivity contribution in [2.24, 2.45) is 40.9 Å². The minimum absolute atomic E-state index is 0.0157. The van der Waals surface area contributed by atoms with E-state index in [0.717, 1.165) is 77.0 Å². The molecule has 13 nitrogen and oxygen atoms in total. The number of rotatable bonds is 25. The van der Waals surface area contributed by atoms with Crippen molar-refractivity contribution in [3.8, 4) is 23.7 Å². The van der Waals surface area contributed by atoms with Crippen LogP contribution in [-0.4, -0.2) is 110 Å². The van der Waals surface area contributed by atoms with Gasteiger partial charge in [-0.1, -0.05) is 106 Å². The fourth-order valence-electron chi connectivity index (χ4n) is 9.66. The maximum Gasteiger partial charge on any atom is 0.243 e. The zero-order valence-electron chi connectivity index (χ0n) is 42.4. The number of ether oxygens (including phenoxy) is 2. The highest BCUT2D eigenvalue weighted by atomic mass is 16.5. The van der Waals surface area contributed by atoms with Crippen molar-refractivity contribution in [1.82, 2.24) is 26.2 Å². The van der Waals surface area contributed by atoms with Crippen LogP contribution in [0.3, 0.4) is 0 Å². The third kappa shape index (κ3) is 18.4. The number of Topliss-reactive ketones (excluding diaryl/α,β-unsaturated/α-hetero) is 2. The molecule has 1 unspecified atom stereocenters. The van der Waals surface area contributed by atoms with Gasteiger partial charge in [-0.3, -0.25) is 28.8 Å². The highest BCUT2D eigenvalue weighted by Gasteiger charge is 2.43. The lowest BCUT2D eigenvalue weighted by atomic mass is 9.76. The summed E-state index contributed by atoms with van der Waals surface area (Å²) in [5.41, 5.74) is -0.450. The van der Waals surface area contributed by atoms with Crippen LogP contribution in [0, 0.1) is 64.6 Å². The van der Waals surface area contributed by atoms with Crippen LogP contribution in [0.4, 0.5) is 0 Å². The second-order valence-corrected chi connectivity index (χ2v) is 20.8. The molecule has 3 rings (SSSR count). The van der Waals surface area contributed by atoms with Gasteiger partial charge < -0.3 is 35.6 Å². The average Bonchev–Trinajstić information content (AvgIpc) is 3.80. The maximum absolute atomic E-state index is 14.0. The van der Waals surface area contributed by atoms with Crippen molar-refractivity contribution in [1.29, 1.82) is 0 Å². The van der Waals surface area contributed by atoms with Gasteiger partial charge in [0.1, 0.15) is 25.0 Å². The quantitative estimate of drug-likeness (QED) is 0.0586. The SMILES string of the molecule is CCC(CC)C(=O)N[C@@H](C(=O)C[C@@H](C)C(=O)N[C@H](COCC#CC#CCOC[C@@H](NC(=O)C1CCCN1C(=O)[C@@H](CC(=O)[C@H](C)NC)C(C)(C)C)C1CCCCC1)C(C)C)C1CCCCC1. The van der Waals surface area contributed by atoms with Gasteiger partial charge in [-0.05, 0) is 100 Å². The summed E-state index contributed by atoms with van der Waals surface area (Å²) < 4.78 is 11.8. The Balaban J connectivity index is 1.50. The number of carbonyl (C=O) groups excluding carboxylic acids is 6. The van der Waals surface area contributed by atoms with E-state index in [2.05, 4.69) is 44.9 Å². The highest BCUT2D eigenvalue weighted by molar-refractivity contribution is 5.94. The summed E-state index contributed by atoms with van der Waals surface area (Å²) in [5, 5.41) is 12.4. The molecule has 3 fully saturated rings. The molecule has 0 spiro atoms. The molecular weight excluding hydrogens is 835 g/mol. The first-order chi connectivity index (χ1) is 31.4. The Morgan fingerprint density at radius 3 is 1.80 bits per heavy atom. The molecule has 1 aliphatic heterocycles. The minimum atomic E-state index is -0.585. The maximum atomic E-state index is 14.0. The number of hydrogen-bond donors (Lipinski definition) is 4. The predicted octanol–water partition coefficient (Wildman–Crippen LogP) is 6.55. The highest BCUT2D eigenvalue weighted by Crippen LogP contribution is 2.34. The van der Waals surface area contributed by atoms with Crippen LogP contribution in [0.1, 0.15) is 165 Å². The average molecular weight is 922 g/mol. The third-order valence-electron chi connectivity index (χ3n) is 14.4. The summed E-state index contributed by atoms with van der Waals surface area (Å²) >= 11 is 0. The molecule has 2 aliphatic carbocycles. The van der Waals surface area contributed by atoms with E-state index in [9.17, 15) is 28.8 Å². The smallest absolute Gasteiger partial charge is 0.243 e. The van der Waals surface area contributed by atoms with Crippen LogP contribution in [0.5, 0.6) is 0 Å². The Hall–Kier alpha value is -3.78. The summed E-state index contributed by atoms with van der Waals surface area (Å²) in [4.78, 5) is 82.7. The van der Waals surface area contributed by atoms with Crippen LogP contribution >= 0.6 is 0 Å². The molecule has 0 aromatic carbocycles. The number of likely N-dealkylation sites (tertiary alicyclic amines) is 1. The minimum Gasteiger partial charge on any atom is -0.367 e. The topological polar surface area (TPSA) is 172 Å². The van der Waals surface area contributed by atoms with Crippen LogP contribution in [0.15, 0.2) is 0 Å². The van der Waals surface area contributed by atoms with Crippen molar-refractivity contribution >= 4 is 35.2 Å². The van der Waals surface area contributed by atoms with Crippen molar-refractivity contribution in [2.45, 2.75) is 195 Å². The molecule has 13 heteroatoms. The van der Waals surface area contributed by atoms with Crippen LogP contribution < -0.4 is 21.3 Å². The zero-order chi connectivity index (χ0) is 48.8. The lowest BCUT2D eigenvalue weighted by Gasteiger charge is -2.36. The second kappa shape index (κ2) is 29.2. The number of likely N-dealkylation sites (N-methyl/N-ethyl adjacent to an activating group) is 1. The van der Waals surface area contributed by atoms with Gasteiger partial charge in [0.25, 0.3) is 0 Å². The van der Waals surface area contributed by atoms with Gasteiger partial charge in [0.2, 0.25) is 23.6 Å². The van der Waals surface area contributed by atoms with Crippen LogP contribution in [0.25, 0.3) is 0 Å². The summed E-state index contributed by atoms with van der Waals surface area (Å²) in [6, 6.07) is -1.99. The molecule has 3 aliphatic rings. The van der Waals surface area contributed by atoms with E-state index in [1.807, 2.05) is 48.5 Å². The van der Waals surface area contributed by atoms with Crippen molar-refractivity contribution < 1.29 is 38.2 Å². The standard InChI is InChI=1S/C53H87N5O8/c1-11-39(12-2)50(62)57-48(41-26-19-16-20-27-41)47(60)32-37(5)49(61)55-43(36(3)4)34-65-30-21-13-14-22-31-66-35-44(40-24-17-15-18-25-40)56-51(63)45-28-23-29-58(45)52(64)42(53(7,8)9)33-46(59)38(6)54-10/h36-45,48,54H,11-12,15-20,23-35H2,1-10H3,(H,55,61)(H,56,63)(H,57,62)/t37-,38+,42-,43-,44-,45?,48-/m1/s1. The third-order valence-corrected chi connectivity index (χ3v) is 14.4. The molecule has 7 atom stereocenters. The Labute approximate surface area is 398 Å². The molecule has 2 saturated carbocycles. The van der Waals surface area contributed by atoms with E-state index in [4.69, 9.17) is 9.47 Å². The van der Waals surface area contributed by atoms with E-state index in [0.29, 0.717) is 19.6 Å². The normalized spacial score (nSPS) is 19.9. The Bertz CT molecular complexity index is 1690. The molecule has 66 heavy (non-hydrogen) atoms. The lowest BCUT2D eigenvalue weighted by molar-refractivity contribution is -0.146. The molecule has 4 N–H and O–H groups in total. The Kier molecular flexibility index (Phi) is 25.0. The fraction of sp³-hybridized carbons (Fsp3) is 0.811. The molecule has 0 radical (unpaired) electrons. The molecular formula is C53H87N5O8. The Morgan fingerprint density at radius 2 is 1.26 bits per heavy atom. The monoisotopic (exact) mass is 922 g/mol. The van der Waals surface area contributed by atoms with E-state index in [-0.39, 0.29) is 110 Å². The van der Waals surface area contributed by atoms with Crippen molar-refractivity contribution in [2.75, 3.05) is 40.0 Å². The first-order valence-corrected chi connectivity index (χ1v) is 25.5. The number of nitrogens with zero attached hydrogens (tertiary/aromatic N) is 1. The van der Waals surface area contributed by atoms with E-state index >= 15 is 0 Å². The molecule has 1 saturated heterocycles. The molecule has 4 amide bonds. The first-order valence-electron chi connectivity index (χ1n) is 25.5. The zero-order valence-corrected chi connectivity index (χ0v) is 42.4. The lowest BCUT2D eigenvalue weighted by Crippen LogP contribution is -2.54. The summed E-state index contributed by atoms with van der Waals surface area (Å²) in [7, 11) is 1.74. The number of amides is 4. The molecule has 0 aromatic rings. The number of nitrogens with one attached hydrogen (secondary N) is 4. The predicted molar refractivity (Wildman–Crippen MR) is 260 cm³/mol. The van der Waals surface area contributed by atoms with Gasteiger partial charge in [0.05, 0.1) is 37.4 Å². The van der Waals surface area contributed by atoms with Gasteiger partial charge in [-0.25, -0.2) is 0 Å². The van der Waals surface area contributed by atoms with Gasteiger partial charge in [-0.2, -0.15) is 0 Å². The van der Waals surface area contributed by atoms with E-state index in [1.54, 1.807) is 25.8 Å². The van der Waals surface area contributed by atoms with Gasteiger partial charge in [-0.15, -0.1) is 0 Å². The largest absolute Gasteiger partial charge is 0.367 e. The number of hydrogen-bond acceptors (Lipinski definition) is 9. The molecule has 1 heterocycles. The van der Waals surface area contributed by atoms with Gasteiger partial charge in [0.15, 0.2) is 5.78 Å². The van der Waals surface area contributed by atoms with Crippen LogP contribution in [0.2, 0.25) is 0 Å². The van der Waals surface area contributed by atoms with Gasteiger partial charge in [0, 0.05) is 37.1 Å². The van der Waals surface area contributed by atoms with Crippen molar-refractivity contribution in [3.63, 3.8) is 0 Å². The van der Waals surface area contributed by atoms with E-state index < -0.39 is 29.3 Å². The Morgan fingerprint density at radius 1 is 0.682 bits per heavy atom. The summed E-state index contributed by atoms with van der Waals surface area (Å²) in [5.74, 6) is 10.0. The van der Waals surface area contributed by atoms with Crippen LogP contribution in [-0.2, 0) is 38.2 Å². The second-order valence-electron chi connectivity index (χ2n) is 20.8. The first kappa shape index (κ1) is 56.5. The van der Waals surface area contributed by atoms with Gasteiger partial charge >= 0.3 is 0 Å². The fourth-order valence-corrected chi connectivity index (χ4v) is 9.66. The summed E-state index contributed by atoms with van der Waals surface area (Å²) in [6.45, 7) is 18.8. The number of ketones is 2. The number of carbonyl (C=O) groups is 6. The molecule has 0 bridgehead atoms.